The summed E-state index contributed by atoms with van der Waals surface area (Å²) in [5, 5.41) is 24.1. The smallest absolute Gasteiger partial charge is 0.397 e. The van der Waals surface area contributed by atoms with Gasteiger partial charge in [0.25, 0.3) is 20.2 Å². The van der Waals surface area contributed by atoms with Gasteiger partial charge in [0.1, 0.15) is 10.6 Å². The number of nitrogens with one attached hydrogen (secondary N) is 2. The van der Waals surface area contributed by atoms with Crippen LogP contribution < -0.4 is 10.6 Å². The van der Waals surface area contributed by atoms with Crippen molar-refractivity contribution in [2.24, 2.45) is 10.2 Å². The largest absolute Gasteiger partial charge is 0.505 e. The van der Waals surface area contributed by atoms with E-state index in [4.69, 9.17) is 4.55 Å². The summed E-state index contributed by atoms with van der Waals surface area (Å²) in [6.07, 6.45) is 0. The highest BCUT2D eigenvalue weighted by atomic mass is 32.3. The van der Waals surface area contributed by atoms with Crippen LogP contribution in [0.1, 0.15) is 0 Å². The van der Waals surface area contributed by atoms with Gasteiger partial charge in [-0.3, -0.25) is 13.7 Å². The zero-order valence-corrected chi connectivity index (χ0v) is 26.5. The number of azo groups is 1. The topological polar surface area (TPSA) is 275 Å². The van der Waals surface area contributed by atoms with E-state index in [1.165, 1.54) is 49.5 Å². The summed E-state index contributed by atoms with van der Waals surface area (Å²) in [5.41, 5.74) is 0.260. The summed E-state index contributed by atoms with van der Waals surface area (Å²) < 4.78 is 126. The summed E-state index contributed by atoms with van der Waals surface area (Å²) >= 11 is 0. The Morgan fingerprint density at radius 1 is 0.761 bits per heavy atom. The number of phenols is 1. The zero-order chi connectivity index (χ0) is 34.1. The molecule has 4 aromatic carbocycles. The predicted molar refractivity (Wildman–Crippen MR) is 165 cm³/mol. The molecule has 0 bridgehead atoms. The summed E-state index contributed by atoms with van der Waals surface area (Å²) in [7, 11) is -17.1. The van der Waals surface area contributed by atoms with E-state index in [0.29, 0.717) is 11.4 Å². The molecule has 4 aromatic rings. The molecule has 0 heterocycles. The molecule has 0 aromatic heterocycles. The van der Waals surface area contributed by atoms with Crippen molar-refractivity contribution >= 4 is 79.7 Å². The van der Waals surface area contributed by atoms with Crippen LogP contribution in [0.5, 0.6) is 5.75 Å². The van der Waals surface area contributed by atoms with Gasteiger partial charge in [-0.1, -0.05) is 6.07 Å². The summed E-state index contributed by atoms with van der Waals surface area (Å²) in [4.78, 5) is -1.65. The third-order valence-electron chi connectivity index (χ3n) is 6.17. The molecule has 46 heavy (non-hydrogen) atoms. The third-order valence-corrected chi connectivity index (χ3v) is 10.0. The minimum atomic E-state index is -5.03. The molecule has 0 aliphatic carbocycles. The van der Waals surface area contributed by atoms with Crippen LogP contribution in [0.4, 0.5) is 28.4 Å². The fraction of sp³-hybridized carbons (Fsp3) is 0.120. The number of hydrogen-bond donors (Lipinski definition) is 6. The van der Waals surface area contributed by atoms with E-state index in [0.717, 1.165) is 18.2 Å². The first-order chi connectivity index (χ1) is 21.3. The Morgan fingerprint density at radius 3 is 2.02 bits per heavy atom. The summed E-state index contributed by atoms with van der Waals surface area (Å²) in [6, 6.07) is 14.2. The second-order valence-corrected chi connectivity index (χ2v) is 15.3. The first-order valence-corrected chi connectivity index (χ1v) is 18.4. The van der Waals surface area contributed by atoms with Crippen molar-refractivity contribution < 1.29 is 56.6 Å². The summed E-state index contributed by atoms with van der Waals surface area (Å²) in [5.74, 6) is -1.48. The molecule has 0 radical (unpaired) electrons. The fourth-order valence-corrected chi connectivity index (χ4v) is 6.85. The van der Waals surface area contributed by atoms with Crippen LogP contribution >= 0.6 is 0 Å². The molecule has 0 amide bonds. The molecule has 0 saturated heterocycles. The predicted octanol–water partition coefficient (Wildman–Crippen LogP) is 3.83. The van der Waals surface area contributed by atoms with Gasteiger partial charge in [0.15, 0.2) is 15.6 Å². The average Bonchev–Trinajstić information content (AvgIpc) is 2.95. The molecule has 17 nitrogen and oxygen atoms in total. The lowest BCUT2D eigenvalue weighted by Gasteiger charge is -2.13. The van der Waals surface area contributed by atoms with Crippen LogP contribution in [-0.4, -0.2) is 71.8 Å². The SMILES string of the molecule is CNc1cc(S(=O)(=O)O)cc2cc(S(=O)(=O)O)c(N=Nc3ccc(Nc4cccc(S(=O)(=O)CCOS(=O)(=O)O)c4)cc3)c(O)c12. The number of benzene rings is 4. The van der Waals surface area contributed by atoms with Gasteiger partial charge in [-0.05, 0) is 66.0 Å². The molecule has 0 unspecified atom stereocenters. The lowest BCUT2D eigenvalue weighted by Crippen LogP contribution is -2.15. The highest BCUT2D eigenvalue weighted by Gasteiger charge is 2.25. The number of aromatic hydroxyl groups is 1. The molecule has 246 valence electrons. The quantitative estimate of drug-likeness (QED) is 0.0897. The highest BCUT2D eigenvalue weighted by molar-refractivity contribution is 7.91. The molecule has 0 saturated carbocycles. The number of rotatable bonds is 12. The normalized spacial score (nSPS) is 12.9. The Hall–Kier alpha value is -4.22. The lowest BCUT2D eigenvalue weighted by atomic mass is 10.1. The molecule has 0 fully saturated rings. The Morgan fingerprint density at radius 2 is 1.43 bits per heavy atom. The Labute approximate surface area is 262 Å². The van der Waals surface area contributed by atoms with Crippen LogP contribution in [0.25, 0.3) is 10.8 Å². The maximum absolute atomic E-state index is 12.5. The van der Waals surface area contributed by atoms with Crippen molar-refractivity contribution in [3.63, 3.8) is 0 Å². The number of phenolic OH excluding ortho intramolecular Hbond substituents is 1. The Kier molecular flexibility index (Phi) is 9.70. The van der Waals surface area contributed by atoms with Crippen molar-refractivity contribution in [3.8, 4) is 5.75 Å². The van der Waals surface area contributed by atoms with Gasteiger partial charge < -0.3 is 15.7 Å². The van der Waals surface area contributed by atoms with Crippen LogP contribution in [0.2, 0.25) is 0 Å². The standard InChI is InChI=1S/C25H24N4O13S4/c1-26-21-14-20(44(33,34)35)11-15-12-22(45(36,37)38)24(25(30)23(15)21)29-28-17-7-5-16(6-8-17)27-18-3-2-4-19(13-18)43(31,32)10-9-42-46(39,40)41/h2-8,11-14,26-27,30H,9-10H2,1H3,(H,33,34,35)(H,36,37,38)(H,39,40,41). The van der Waals surface area contributed by atoms with E-state index in [9.17, 15) is 47.9 Å². The van der Waals surface area contributed by atoms with Crippen LogP contribution in [0.3, 0.4) is 0 Å². The second kappa shape index (κ2) is 12.9. The maximum atomic E-state index is 12.5. The Balaban J connectivity index is 1.62. The van der Waals surface area contributed by atoms with Gasteiger partial charge in [0, 0.05) is 29.5 Å². The highest BCUT2D eigenvalue weighted by Crippen LogP contribution is 2.45. The lowest BCUT2D eigenvalue weighted by molar-refractivity contribution is 0.284. The molecule has 6 N–H and O–H groups in total. The summed E-state index contributed by atoms with van der Waals surface area (Å²) in [6.45, 7) is -0.789. The van der Waals surface area contributed by atoms with E-state index >= 15 is 0 Å². The van der Waals surface area contributed by atoms with E-state index in [2.05, 4.69) is 25.0 Å². The molecule has 21 heteroatoms. The van der Waals surface area contributed by atoms with Crippen LogP contribution in [0, 0.1) is 0 Å². The van der Waals surface area contributed by atoms with E-state index in [-0.39, 0.29) is 27.0 Å². The number of sulfone groups is 1. The van der Waals surface area contributed by atoms with Gasteiger partial charge in [-0.2, -0.15) is 30.4 Å². The monoisotopic (exact) mass is 716 g/mol. The average molecular weight is 717 g/mol. The number of anilines is 3. The van der Waals surface area contributed by atoms with E-state index in [1.54, 1.807) is 6.07 Å². The molecule has 4 rings (SSSR count). The van der Waals surface area contributed by atoms with Crippen molar-refractivity contribution in [3.05, 3.63) is 66.7 Å². The first-order valence-electron chi connectivity index (χ1n) is 12.5. The number of fused-ring (bicyclic) bond motifs is 1. The van der Waals surface area contributed by atoms with Crippen molar-refractivity contribution in [1.29, 1.82) is 0 Å². The minimum Gasteiger partial charge on any atom is -0.505 e. The van der Waals surface area contributed by atoms with Crippen molar-refractivity contribution in [2.45, 2.75) is 14.7 Å². The van der Waals surface area contributed by atoms with E-state index < -0.39 is 74.1 Å². The van der Waals surface area contributed by atoms with Crippen molar-refractivity contribution in [1.82, 2.24) is 0 Å². The van der Waals surface area contributed by atoms with Gasteiger partial charge in [-0.15, -0.1) is 5.11 Å². The molecule has 0 aliphatic heterocycles. The molecular formula is C25H24N4O13S4. The van der Waals surface area contributed by atoms with Gasteiger partial charge >= 0.3 is 10.4 Å². The second-order valence-electron chi connectivity index (χ2n) is 9.31. The zero-order valence-electron chi connectivity index (χ0n) is 23.3. The van der Waals surface area contributed by atoms with Crippen molar-refractivity contribution in [2.75, 3.05) is 30.0 Å². The minimum absolute atomic E-state index is 0.0142. The fourth-order valence-electron chi connectivity index (χ4n) is 4.12. The maximum Gasteiger partial charge on any atom is 0.397 e. The molecule has 0 spiro atoms. The molecule has 0 atom stereocenters. The van der Waals surface area contributed by atoms with Gasteiger partial charge in [-0.25, -0.2) is 12.6 Å². The van der Waals surface area contributed by atoms with Crippen LogP contribution in [0.15, 0.2) is 91.6 Å². The Bertz CT molecular complexity index is 2290. The van der Waals surface area contributed by atoms with E-state index in [1.807, 2.05) is 0 Å². The van der Waals surface area contributed by atoms with Gasteiger partial charge in [0.05, 0.1) is 27.8 Å². The molecule has 0 aliphatic rings. The first kappa shape index (κ1) is 34.6. The third kappa shape index (κ3) is 8.32. The molecular weight excluding hydrogens is 693 g/mol. The number of nitrogens with zero attached hydrogens (tertiary/aromatic N) is 2. The van der Waals surface area contributed by atoms with Gasteiger partial charge in [0.2, 0.25) is 0 Å². The van der Waals surface area contributed by atoms with Crippen LogP contribution in [-0.2, 0) is 44.7 Å². The number of hydrogen-bond acceptors (Lipinski definition) is 14.